The number of benzene rings is 2. The molecule has 0 atom stereocenters. The quantitative estimate of drug-likeness (QED) is 0.382. The van der Waals surface area contributed by atoms with E-state index in [-0.39, 0.29) is 5.57 Å². The number of aryl methyl sites for hydroxylation is 1. The van der Waals surface area contributed by atoms with Crippen molar-refractivity contribution in [1.29, 1.82) is 5.26 Å². The first-order chi connectivity index (χ1) is 15.1. The molecule has 0 aliphatic rings. The molecule has 2 aromatic heterocycles. The number of amides is 1. The van der Waals surface area contributed by atoms with Crippen molar-refractivity contribution in [2.24, 2.45) is 0 Å². The van der Waals surface area contributed by atoms with Gasteiger partial charge in [-0.3, -0.25) is 9.78 Å². The van der Waals surface area contributed by atoms with Gasteiger partial charge in [-0.25, -0.2) is 4.68 Å². The molecule has 0 fully saturated rings. The fraction of sp³-hybridized carbons (Fsp3) is 0.0400. The van der Waals surface area contributed by atoms with Gasteiger partial charge in [0, 0.05) is 35.4 Å². The minimum absolute atomic E-state index is 0.0107. The summed E-state index contributed by atoms with van der Waals surface area (Å²) in [6.07, 6.45) is 6.73. The lowest BCUT2D eigenvalue weighted by molar-refractivity contribution is -0.112. The molecule has 6 nitrogen and oxygen atoms in total. The van der Waals surface area contributed by atoms with E-state index in [1.165, 1.54) is 0 Å². The molecule has 31 heavy (non-hydrogen) atoms. The van der Waals surface area contributed by atoms with Gasteiger partial charge in [0.05, 0.1) is 5.69 Å². The number of rotatable bonds is 5. The van der Waals surface area contributed by atoms with E-state index in [9.17, 15) is 10.1 Å². The van der Waals surface area contributed by atoms with Crippen molar-refractivity contribution in [2.75, 3.05) is 5.32 Å². The van der Waals surface area contributed by atoms with E-state index in [2.05, 4.69) is 10.3 Å². The molecule has 1 amide bonds. The lowest BCUT2D eigenvalue weighted by Gasteiger charge is -2.04. The summed E-state index contributed by atoms with van der Waals surface area (Å²) in [7, 11) is 0. The van der Waals surface area contributed by atoms with Gasteiger partial charge in [-0.05, 0) is 49.4 Å². The molecule has 0 saturated heterocycles. The van der Waals surface area contributed by atoms with E-state index in [0.29, 0.717) is 16.9 Å². The van der Waals surface area contributed by atoms with Crippen molar-refractivity contribution in [3.8, 4) is 23.0 Å². The van der Waals surface area contributed by atoms with Crippen molar-refractivity contribution in [3.63, 3.8) is 0 Å². The molecule has 0 saturated carbocycles. The van der Waals surface area contributed by atoms with Crippen LogP contribution in [-0.2, 0) is 4.79 Å². The maximum absolute atomic E-state index is 12.7. The van der Waals surface area contributed by atoms with E-state index in [1.807, 2.05) is 73.8 Å². The second-order valence-corrected chi connectivity index (χ2v) is 6.94. The van der Waals surface area contributed by atoms with Crippen LogP contribution in [-0.4, -0.2) is 20.7 Å². The van der Waals surface area contributed by atoms with Gasteiger partial charge in [-0.15, -0.1) is 0 Å². The molecule has 150 valence electrons. The smallest absolute Gasteiger partial charge is 0.266 e. The fourth-order valence-electron chi connectivity index (χ4n) is 3.08. The summed E-state index contributed by atoms with van der Waals surface area (Å²) < 4.78 is 1.73. The summed E-state index contributed by atoms with van der Waals surface area (Å²) in [6, 6.07) is 22.8. The molecule has 0 unspecified atom stereocenters. The van der Waals surface area contributed by atoms with Gasteiger partial charge in [-0.2, -0.15) is 10.4 Å². The van der Waals surface area contributed by atoms with E-state index < -0.39 is 5.91 Å². The van der Waals surface area contributed by atoms with Gasteiger partial charge in [0.2, 0.25) is 0 Å². The third-order valence-corrected chi connectivity index (χ3v) is 4.69. The number of hydrogen-bond acceptors (Lipinski definition) is 4. The van der Waals surface area contributed by atoms with E-state index >= 15 is 0 Å². The molecule has 2 heterocycles. The molecular weight excluding hydrogens is 386 g/mol. The molecule has 6 heteroatoms. The number of carbonyl (C=O) groups is 1. The van der Waals surface area contributed by atoms with Crippen LogP contribution in [0.15, 0.2) is 90.9 Å². The molecule has 0 radical (unpaired) electrons. The minimum Gasteiger partial charge on any atom is -0.321 e. The summed E-state index contributed by atoms with van der Waals surface area (Å²) >= 11 is 0. The fourth-order valence-corrected chi connectivity index (χ4v) is 3.08. The Balaban J connectivity index is 1.73. The van der Waals surface area contributed by atoms with Crippen LogP contribution in [0.3, 0.4) is 0 Å². The summed E-state index contributed by atoms with van der Waals surface area (Å²) in [5.41, 5.74) is 4.74. The molecule has 0 aliphatic carbocycles. The first-order valence-corrected chi connectivity index (χ1v) is 9.69. The normalized spacial score (nSPS) is 11.0. The Morgan fingerprint density at radius 3 is 2.42 bits per heavy atom. The Bertz CT molecular complexity index is 1270. The number of nitrogens with zero attached hydrogens (tertiary/aromatic N) is 4. The van der Waals surface area contributed by atoms with Crippen molar-refractivity contribution in [3.05, 3.63) is 102 Å². The number of pyridine rings is 1. The Hall–Kier alpha value is -4.50. The number of aromatic nitrogens is 3. The molecular formula is C25H19N5O. The SMILES string of the molecule is Cc1ccc(NC(=O)C(C#N)=Cc2cn(-c3ccccc3)nc2-c2ccncc2)cc1. The third kappa shape index (κ3) is 4.57. The summed E-state index contributed by atoms with van der Waals surface area (Å²) in [5, 5.41) is 17.1. The molecule has 4 aromatic rings. The second-order valence-electron chi connectivity index (χ2n) is 6.94. The van der Waals surface area contributed by atoms with Crippen LogP contribution in [0.2, 0.25) is 0 Å². The van der Waals surface area contributed by atoms with Crippen LogP contribution in [0, 0.1) is 18.3 Å². The van der Waals surface area contributed by atoms with Crippen molar-refractivity contribution in [2.45, 2.75) is 6.92 Å². The van der Waals surface area contributed by atoms with Crippen LogP contribution < -0.4 is 5.32 Å². The molecule has 1 N–H and O–H groups in total. The van der Waals surface area contributed by atoms with Crippen molar-refractivity contribution in [1.82, 2.24) is 14.8 Å². The van der Waals surface area contributed by atoms with Gasteiger partial charge < -0.3 is 5.32 Å². The highest BCUT2D eigenvalue weighted by atomic mass is 16.1. The molecule has 0 spiro atoms. The van der Waals surface area contributed by atoms with Gasteiger partial charge in [0.15, 0.2) is 0 Å². The number of anilines is 1. The predicted molar refractivity (Wildman–Crippen MR) is 120 cm³/mol. The number of nitrogens with one attached hydrogen (secondary N) is 1. The highest BCUT2D eigenvalue weighted by molar-refractivity contribution is 6.10. The first-order valence-electron chi connectivity index (χ1n) is 9.69. The highest BCUT2D eigenvalue weighted by Crippen LogP contribution is 2.25. The summed E-state index contributed by atoms with van der Waals surface area (Å²) in [5.74, 6) is -0.473. The van der Waals surface area contributed by atoms with E-state index in [1.54, 1.807) is 35.3 Å². The Kier molecular flexibility index (Phi) is 5.68. The Labute approximate surface area is 180 Å². The number of carbonyl (C=O) groups excluding carboxylic acids is 1. The molecule has 0 aliphatic heterocycles. The number of para-hydroxylation sites is 1. The summed E-state index contributed by atoms with van der Waals surface area (Å²) in [4.78, 5) is 16.8. The maximum Gasteiger partial charge on any atom is 0.266 e. The molecule has 0 bridgehead atoms. The lowest BCUT2D eigenvalue weighted by Crippen LogP contribution is -2.13. The van der Waals surface area contributed by atoms with E-state index in [4.69, 9.17) is 5.10 Å². The van der Waals surface area contributed by atoms with Crippen LogP contribution in [0.5, 0.6) is 0 Å². The van der Waals surface area contributed by atoms with Crippen LogP contribution in [0.4, 0.5) is 5.69 Å². The Morgan fingerprint density at radius 1 is 1.03 bits per heavy atom. The average Bonchev–Trinajstić information content (AvgIpc) is 3.24. The molecule has 4 rings (SSSR count). The largest absolute Gasteiger partial charge is 0.321 e. The number of nitriles is 1. The topological polar surface area (TPSA) is 83.6 Å². The van der Waals surface area contributed by atoms with Crippen molar-refractivity contribution < 1.29 is 4.79 Å². The highest BCUT2D eigenvalue weighted by Gasteiger charge is 2.15. The zero-order valence-corrected chi connectivity index (χ0v) is 16.9. The monoisotopic (exact) mass is 405 g/mol. The zero-order chi connectivity index (χ0) is 21.6. The van der Waals surface area contributed by atoms with Crippen molar-refractivity contribution >= 4 is 17.7 Å². The van der Waals surface area contributed by atoms with Gasteiger partial charge >= 0.3 is 0 Å². The number of hydrogen-bond donors (Lipinski definition) is 1. The second kappa shape index (κ2) is 8.89. The zero-order valence-electron chi connectivity index (χ0n) is 16.9. The molecule has 2 aromatic carbocycles. The first kappa shape index (κ1) is 19.8. The van der Waals surface area contributed by atoms with Gasteiger partial charge in [0.25, 0.3) is 5.91 Å². The van der Waals surface area contributed by atoms with E-state index in [0.717, 1.165) is 16.8 Å². The summed E-state index contributed by atoms with van der Waals surface area (Å²) in [6.45, 7) is 1.97. The predicted octanol–water partition coefficient (Wildman–Crippen LogP) is 4.79. The standard InChI is InChI=1S/C25H19N5O/c1-18-7-9-22(10-8-18)28-25(31)20(16-26)15-21-17-30(23-5-3-2-4-6-23)29-24(21)19-11-13-27-14-12-19/h2-15,17H,1H3,(H,28,31). The third-order valence-electron chi connectivity index (χ3n) is 4.69. The average molecular weight is 405 g/mol. The lowest BCUT2D eigenvalue weighted by atomic mass is 10.1. The van der Waals surface area contributed by atoms with Crippen LogP contribution >= 0.6 is 0 Å². The minimum atomic E-state index is -0.473. The van der Waals surface area contributed by atoms with Gasteiger partial charge in [0.1, 0.15) is 17.3 Å². The maximum atomic E-state index is 12.7. The van der Waals surface area contributed by atoms with Crippen LogP contribution in [0.1, 0.15) is 11.1 Å². The Morgan fingerprint density at radius 2 is 1.74 bits per heavy atom. The van der Waals surface area contributed by atoms with Crippen LogP contribution in [0.25, 0.3) is 23.0 Å². The van der Waals surface area contributed by atoms with Gasteiger partial charge in [-0.1, -0.05) is 35.9 Å².